The Hall–Kier alpha value is -1.16. The number of ketones is 1. The molecule has 0 unspecified atom stereocenters. The van der Waals surface area contributed by atoms with E-state index in [4.69, 9.17) is 0 Å². The largest absolute Gasteiger partial charge is 0.299 e. The van der Waals surface area contributed by atoms with Gasteiger partial charge in [0.25, 0.3) is 0 Å². The van der Waals surface area contributed by atoms with E-state index in [1.165, 1.54) is 5.56 Å². The van der Waals surface area contributed by atoms with Crippen molar-refractivity contribution in [2.24, 2.45) is 11.8 Å². The molecule has 1 aromatic rings. The van der Waals surface area contributed by atoms with Crippen molar-refractivity contribution in [3.63, 3.8) is 0 Å². The molecule has 1 aliphatic rings. The maximum atomic E-state index is 12.7. The number of rotatable bonds is 5. The molecular formula is C23H36O3S. The lowest BCUT2D eigenvalue weighted by molar-refractivity contribution is -0.123. The summed E-state index contributed by atoms with van der Waals surface area (Å²) in [4.78, 5) is 12.7. The van der Waals surface area contributed by atoms with Crippen LogP contribution in [0.3, 0.4) is 0 Å². The van der Waals surface area contributed by atoms with Crippen LogP contribution in [-0.4, -0.2) is 24.7 Å². The van der Waals surface area contributed by atoms with E-state index < -0.39 is 14.6 Å². The van der Waals surface area contributed by atoms with Gasteiger partial charge in [0.05, 0.1) is 10.5 Å². The van der Waals surface area contributed by atoms with Crippen molar-refractivity contribution in [3.8, 4) is 0 Å². The Morgan fingerprint density at radius 3 is 1.89 bits per heavy atom. The summed E-state index contributed by atoms with van der Waals surface area (Å²) >= 11 is 0. The molecule has 0 amide bonds. The number of Topliss-reactive ketones (excluding diaryl/α,β-unsaturated/α-hetero) is 1. The van der Waals surface area contributed by atoms with E-state index in [9.17, 15) is 13.2 Å². The third kappa shape index (κ3) is 5.91. The zero-order chi connectivity index (χ0) is 20.5. The number of hydrogen-bond donors (Lipinski definition) is 0. The van der Waals surface area contributed by atoms with Crippen molar-refractivity contribution in [2.45, 2.75) is 83.8 Å². The average Bonchev–Trinajstić information content (AvgIpc) is 2.53. The molecule has 0 aromatic heterocycles. The van der Waals surface area contributed by atoms with Crippen LogP contribution in [0.15, 0.2) is 24.3 Å². The monoisotopic (exact) mass is 392 g/mol. The Morgan fingerprint density at radius 2 is 1.44 bits per heavy atom. The number of carbonyl (C=O) groups excluding carboxylic acids is 1. The maximum absolute atomic E-state index is 12.7. The highest BCUT2D eigenvalue weighted by Crippen LogP contribution is 2.33. The lowest BCUT2D eigenvalue weighted by atomic mass is 9.79. The third-order valence-electron chi connectivity index (χ3n) is 5.89. The predicted octanol–water partition coefficient (Wildman–Crippen LogP) is 5.12. The summed E-state index contributed by atoms with van der Waals surface area (Å²) in [5.74, 6) is 0.840. The molecule has 1 aliphatic carbocycles. The molecule has 1 fully saturated rings. The molecule has 1 saturated carbocycles. The molecule has 0 heterocycles. The summed E-state index contributed by atoms with van der Waals surface area (Å²) in [6.45, 7) is 11.9. The third-order valence-corrected chi connectivity index (χ3v) is 8.66. The lowest BCUT2D eigenvalue weighted by Gasteiger charge is -2.30. The molecule has 0 bridgehead atoms. The van der Waals surface area contributed by atoms with Crippen LogP contribution in [0.4, 0.5) is 0 Å². The van der Waals surface area contributed by atoms with Crippen molar-refractivity contribution in [1.29, 1.82) is 0 Å². The second-order valence-electron chi connectivity index (χ2n) is 10.2. The number of sulfone groups is 1. The van der Waals surface area contributed by atoms with Crippen molar-refractivity contribution < 1.29 is 13.2 Å². The summed E-state index contributed by atoms with van der Waals surface area (Å²) < 4.78 is 24.1. The standard InChI is InChI=1S/C23H36O3S/c1-22(2,3)20-13-9-17(10-14-20)15-21(24)19-11-7-18(8-12-19)16-27(25,26)23(4,5)6/h9-10,13-14,18-19H,7-8,11-12,15-16H2,1-6H3. The van der Waals surface area contributed by atoms with Crippen LogP contribution >= 0.6 is 0 Å². The van der Waals surface area contributed by atoms with Crippen LogP contribution in [0.5, 0.6) is 0 Å². The molecule has 0 saturated heterocycles. The summed E-state index contributed by atoms with van der Waals surface area (Å²) in [6.07, 6.45) is 3.82. The molecule has 0 spiro atoms. The molecule has 3 nitrogen and oxygen atoms in total. The smallest absolute Gasteiger partial charge is 0.155 e. The highest BCUT2D eigenvalue weighted by Gasteiger charge is 2.34. The van der Waals surface area contributed by atoms with Crippen molar-refractivity contribution in [3.05, 3.63) is 35.4 Å². The molecule has 0 N–H and O–H groups in total. The first-order valence-corrected chi connectivity index (χ1v) is 11.8. The minimum atomic E-state index is -3.08. The molecule has 0 aliphatic heterocycles. The van der Waals surface area contributed by atoms with Gasteiger partial charge in [0, 0.05) is 12.3 Å². The van der Waals surface area contributed by atoms with Crippen LogP contribution < -0.4 is 0 Å². The molecule has 2 rings (SSSR count). The molecule has 152 valence electrons. The van der Waals surface area contributed by atoms with Gasteiger partial charge in [0.1, 0.15) is 5.78 Å². The van der Waals surface area contributed by atoms with Gasteiger partial charge in [-0.05, 0) is 68.9 Å². The first kappa shape index (κ1) is 22.1. The maximum Gasteiger partial charge on any atom is 0.155 e. The van der Waals surface area contributed by atoms with Gasteiger partial charge >= 0.3 is 0 Å². The highest BCUT2D eigenvalue weighted by molar-refractivity contribution is 7.92. The van der Waals surface area contributed by atoms with Gasteiger partial charge in [0.2, 0.25) is 0 Å². The zero-order valence-corrected chi connectivity index (χ0v) is 18.7. The van der Waals surface area contributed by atoms with Gasteiger partial charge in [-0.15, -0.1) is 0 Å². The van der Waals surface area contributed by atoms with E-state index in [0.29, 0.717) is 12.2 Å². The quantitative estimate of drug-likeness (QED) is 0.699. The van der Waals surface area contributed by atoms with Gasteiger partial charge in [0.15, 0.2) is 9.84 Å². The fraction of sp³-hybridized carbons (Fsp3) is 0.696. The van der Waals surface area contributed by atoms with Gasteiger partial charge in [-0.1, -0.05) is 45.0 Å². The number of carbonyl (C=O) groups is 1. The van der Waals surface area contributed by atoms with Crippen molar-refractivity contribution >= 4 is 15.6 Å². The van der Waals surface area contributed by atoms with Crippen LogP contribution in [0.25, 0.3) is 0 Å². The molecule has 27 heavy (non-hydrogen) atoms. The normalized spacial score (nSPS) is 21.9. The summed E-state index contributed by atoms with van der Waals surface area (Å²) in [5, 5.41) is 0. The fourth-order valence-corrected chi connectivity index (χ4v) is 5.13. The molecule has 4 heteroatoms. The Labute approximate surface area is 165 Å². The zero-order valence-electron chi connectivity index (χ0n) is 17.8. The van der Waals surface area contributed by atoms with E-state index in [0.717, 1.165) is 31.2 Å². The van der Waals surface area contributed by atoms with E-state index in [-0.39, 0.29) is 23.0 Å². The SMILES string of the molecule is CC(C)(C)c1ccc(CC(=O)C2CCC(CS(=O)(=O)C(C)(C)C)CC2)cc1. The molecule has 0 atom stereocenters. The van der Waals surface area contributed by atoms with Gasteiger partial charge < -0.3 is 0 Å². The predicted molar refractivity (Wildman–Crippen MR) is 113 cm³/mol. The Morgan fingerprint density at radius 1 is 0.926 bits per heavy atom. The summed E-state index contributed by atoms with van der Waals surface area (Å²) in [5.41, 5.74) is 2.47. The Kier molecular flexibility index (Phi) is 6.61. The van der Waals surface area contributed by atoms with Crippen LogP contribution in [0.1, 0.15) is 78.4 Å². The molecule has 0 radical (unpaired) electrons. The van der Waals surface area contributed by atoms with Gasteiger partial charge in [-0.2, -0.15) is 0 Å². The topological polar surface area (TPSA) is 51.2 Å². The van der Waals surface area contributed by atoms with Gasteiger partial charge in [-0.25, -0.2) is 8.42 Å². The van der Waals surface area contributed by atoms with E-state index >= 15 is 0 Å². The Balaban J connectivity index is 1.88. The van der Waals surface area contributed by atoms with Crippen LogP contribution in [-0.2, 0) is 26.5 Å². The average molecular weight is 393 g/mol. The fourth-order valence-electron chi connectivity index (χ4n) is 3.68. The highest BCUT2D eigenvalue weighted by atomic mass is 32.2. The van der Waals surface area contributed by atoms with Crippen LogP contribution in [0, 0.1) is 11.8 Å². The first-order valence-electron chi connectivity index (χ1n) is 10.1. The Bertz CT molecular complexity index is 738. The molecular weight excluding hydrogens is 356 g/mol. The number of hydrogen-bond acceptors (Lipinski definition) is 3. The first-order chi connectivity index (χ1) is 12.3. The summed E-state index contributed by atoms with van der Waals surface area (Å²) in [6, 6.07) is 8.38. The summed E-state index contributed by atoms with van der Waals surface area (Å²) in [7, 11) is -3.08. The van der Waals surface area contributed by atoms with E-state index in [2.05, 4.69) is 45.0 Å². The van der Waals surface area contributed by atoms with E-state index in [1.807, 2.05) is 0 Å². The van der Waals surface area contributed by atoms with Gasteiger partial charge in [-0.3, -0.25) is 4.79 Å². The number of benzene rings is 1. The molecule has 1 aromatic carbocycles. The lowest BCUT2D eigenvalue weighted by Crippen LogP contribution is -2.35. The van der Waals surface area contributed by atoms with Crippen molar-refractivity contribution in [1.82, 2.24) is 0 Å². The van der Waals surface area contributed by atoms with Crippen LogP contribution in [0.2, 0.25) is 0 Å². The second kappa shape index (κ2) is 8.06. The van der Waals surface area contributed by atoms with Crippen molar-refractivity contribution in [2.75, 3.05) is 5.75 Å². The minimum absolute atomic E-state index is 0.0842. The van der Waals surface area contributed by atoms with E-state index in [1.54, 1.807) is 20.8 Å². The minimum Gasteiger partial charge on any atom is -0.299 e. The second-order valence-corrected chi connectivity index (χ2v) is 13.0.